The minimum atomic E-state index is -1.38. The second kappa shape index (κ2) is 7.69. The average molecular weight is 321 g/mol. The molecule has 122 valence electrons. The molecule has 0 fully saturated rings. The molecule has 6 heteroatoms. The van der Waals surface area contributed by atoms with E-state index in [0.29, 0.717) is 11.3 Å². The summed E-state index contributed by atoms with van der Waals surface area (Å²) in [5.41, 5.74) is 0.280. The third-order valence-electron chi connectivity index (χ3n) is 3.39. The number of amides is 1. The predicted molar refractivity (Wildman–Crippen MR) is 81.0 cm³/mol. The SMILES string of the molecule is COc1cccc(C(O)C(=O)NCCc2c(F)cccc2F)c1. The van der Waals surface area contributed by atoms with Crippen LogP contribution in [0.1, 0.15) is 17.2 Å². The minimum Gasteiger partial charge on any atom is -0.497 e. The second-order valence-corrected chi connectivity index (χ2v) is 4.92. The van der Waals surface area contributed by atoms with Crippen LogP contribution in [0.3, 0.4) is 0 Å². The van der Waals surface area contributed by atoms with Crippen LogP contribution in [0.15, 0.2) is 42.5 Å². The van der Waals surface area contributed by atoms with Gasteiger partial charge in [-0.25, -0.2) is 8.78 Å². The molecule has 1 unspecified atom stereocenters. The van der Waals surface area contributed by atoms with Gasteiger partial charge in [0.15, 0.2) is 6.10 Å². The normalized spacial score (nSPS) is 11.8. The van der Waals surface area contributed by atoms with Gasteiger partial charge in [0.25, 0.3) is 5.91 Å². The van der Waals surface area contributed by atoms with Crippen molar-refractivity contribution in [1.29, 1.82) is 0 Å². The van der Waals surface area contributed by atoms with Crippen molar-refractivity contribution >= 4 is 5.91 Å². The Labute approximate surface area is 132 Å². The molecular weight excluding hydrogens is 304 g/mol. The van der Waals surface area contributed by atoms with Gasteiger partial charge in [0.1, 0.15) is 17.4 Å². The fourth-order valence-corrected chi connectivity index (χ4v) is 2.14. The van der Waals surface area contributed by atoms with Crippen LogP contribution < -0.4 is 10.1 Å². The van der Waals surface area contributed by atoms with E-state index >= 15 is 0 Å². The Kier molecular flexibility index (Phi) is 5.65. The highest BCUT2D eigenvalue weighted by Crippen LogP contribution is 2.19. The van der Waals surface area contributed by atoms with Crippen molar-refractivity contribution in [3.05, 3.63) is 65.2 Å². The van der Waals surface area contributed by atoms with E-state index in [1.54, 1.807) is 24.3 Å². The molecule has 2 N–H and O–H groups in total. The monoisotopic (exact) mass is 321 g/mol. The molecule has 23 heavy (non-hydrogen) atoms. The number of carbonyl (C=O) groups is 1. The molecule has 1 atom stereocenters. The molecule has 2 aromatic carbocycles. The summed E-state index contributed by atoms with van der Waals surface area (Å²) in [4.78, 5) is 11.9. The van der Waals surface area contributed by atoms with E-state index in [1.807, 2.05) is 0 Å². The highest BCUT2D eigenvalue weighted by Gasteiger charge is 2.18. The fraction of sp³-hybridized carbons (Fsp3) is 0.235. The summed E-state index contributed by atoms with van der Waals surface area (Å²) in [6.45, 7) is 0.0116. The Bertz CT molecular complexity index is 671. The quantitative estimate of drug-likeness (QED) is 0.859. The molecule has 0 bridgehead atoms. The first-order chi connectivity index (χ1) is 11.0. The summed E-state index contributed by atoms with van der Waals surface area (Å²) in [6, 6.07) is 10.1. The van der Waals surface area contributed by atoms with Gasteiger partial charge in [0.2, 0.25) is 0 Å². The van der Waals surface area contributed by atoms with Crippen LogP contribution in [-0.2, 0) is 11.2 Å². The third-order valence-corrected chi connectivity index (χ3v) is 3.39. The maximum Gasteiger partial charge on any atom is 0.253 e. The molecule has 0 spiro atoms. The molecule has 1 amide bonds. The van der Waals surface area contributed by atoms with E-state index in [0.717, 1.165) is 12.1 Å². The number of halogens is 2. The standard InChI is InChI=1S/C17H17F2NO3/c1-23-12-5-2-4-11(10-12)16(21)17(22)20-9-8-13-14(18)6-3-7-15(13)19/h2-7,10,16,21H,8-9H2,1H3,(H,20,22). The highest BCUT2D eigenvalue weighted by molar-refractivity contribution is 5.82. The summed E-state index contributed by atoms with van der Waals surface area (Å²) in [5.74, 6) is -1.45. The Morgan fingerprint density at radius 1 is 1.22 bits per heavy atom. The summed E-state index contributed by atoms with van der Waals surface area (Å²) < 4.78 is 32.0. The molecule has 2 aromatic rings. The molecule has 0 aliphatic heterocycles. The van der Waals surface area contributed by atoms with E-state index in [-0.39, 0.29) is 18.5 Å². The van der Waals surface area contributed by atoms with Gasteiger partial charge in [0, 0.05) is 12.1 Å². The molecule has 0 aromatic heterocycles. The zero-order chi connectivity index (χ0) is 16.8. The number of benzene rings is 2. The van der Waals surface area contributed by atoms with Crippen molar-refractivity contribution < 1.29 is 23.4 Å². The molecule has 0 radical (unpaired) electrons. The van der Waals surface area contributed by atoms with E-state index in [4.69, 9.17) is 4.74 Å². The lowest BCUT2D eigenvalue weighted by atomic mass is 10.1. The van der Waals surface area contributed by atoms with Crippen LogP contribution in [0.5, 0.6) is 5.75 Å². The Balaban J connectivity index is 1.94. The Morgan fingerprint density at radius 2 is 1.87 bits per heavy atom. The fourth-order valence-electron chi connectivity index (χ4n) is 2.14. The summed E-state index contributed by atoms with van der Waals surface area (Å²) >= 11 is 0. The van der Waals surface area contributed by atoms with Crippen molar-refractivity contribution in [2.75, 3.05) is 13.7 Å². The van der Waals surface area contributed by atoms with Crippen LogP contribution >= 0.6 is 0 Å². The van der Waals surface area contributed by atoms with E-state index in [1.165, 1.54) is 13.2 Å². The van der Waals surface area contributed by atoms with Crippen LogP contribution in [0, 0.1) is 11.6 Å². The van der Waals surface area contributed by atoms with Gasteiger partial charge in [-0.3, -0.25) is 4.79 Å². The number of carbonyl (C=O) groups excluding carboxylic acids is 1. The van der Waals surface area contributed by atoms with Crippen molar-refractivity contribution in [3.8, 4) is 5.75 Å². The highest BCUT2D eigenvalue weighted by atomic mass is 19.1. The van der Waals surface area contributed by atoms with Gasteiger partial charge >= 0.3 is 0 Å². The number of aliphatic hydroxyl groups excluding tert-OH is 1. The minimum absolute atomic E-state index is 0.00488. The second-order valence-electron chi connectivity index (χ2n) is 4.92. The van der Waals surface area contributed by atoms with Gasteiger partial charge in [-0.2, -0.15) is 0 Å². The third kappa shape index (κ3) is 4.26. The summed E-state index contributed by atoms with van der Waals surface area (Å²) in [5, 5.41) is 12.5. The molecular formula is C17H17F2NO3. The van der Waals surface area contributed by atoms with Gasteiger partial charge in [-0.15, -0.1) is 0 Å². The van der Waals surface area contributed by atoms with Crippen molar-refractivity contribution in [2.24, 2.45) is 0 Å². The zero-order valence-electron chi connectivity index (χ0n) is 12.6. The van der Waals surface area contributed by atoms with E-state index < -0.39 is 23.6 Å². The molecule has 2 rings (SSSR count). The lowest BCUT2D eigenvalue weighted by Gasteiger charge is -2.13. The van der Waals surface area contributed by atoms with Crippen LogP contribution in [0.25, 0.3) is 0 Å². The number of hydrogen-bond donors (Lipinski definition) is 2. The maximum absolute atomic E-state index is 13.5. The lowest BCUT2D eigenvalue weighted by molar-refractivity contribution is -0.129. The van der Waals surface area contributed by atoms with Gasteiger partial charge in [-0.05, 0) is 36.2 Å². The smallest absolute Gasteiger partial charge is 0.253 e. The number of methoxy groups -OCH3 is 1. The molecule has 0 saturated heterocycles. The first-order valence-electron chi connectivity index (χ1n) is 7.05. The summed E-state index contributed by atoms with van der Waals surface area (Å²) in [6.07, 6.45) is -1.38. The topological polar surface area (TPSA) is 58.6 Å². The first kappa shape index (κ1) is 16.9. The van der Waals surface area contributed by atoms with E-state index in [9.17, 15) is 18.7 Å². The molecule has 0 aliphatic rings. The van der Waals surface area contributed by atoms with Gasteiger partial charge < -0.3 is 15.2 Å². The zero-order valence-corrected chi connectivity index (χ0v) is 12.6. The molecule has 0 heterocycles. The van der Waals surface area contributed by atoms with Gasteiger partial charge in [-0.1, -0.05) is 18.2 Å². The number of aliphatic hydroxyl groups is 1. The van der Waals surface area contributed by atoms with E-state index in [2.05, 4.69) is 5.32 Å². The van der Waals surface area contributed by atoms with Crippen molar-refractivity contribution in [1.82, 2.24) is 5.32 Å². The molecule has 0 aliphatic carbocycles. The van der Waals surface area contributed by atoms with Crippen LogP contribution in [-0.4, -0.2) is 24.7 Å². The van der Waals surface area contributed by atoms with Gasteiger partial charge in [0.05, 0.1) is 7.11 Å². The molecule has 4 nitrogen and oxygen atoms in total. The number of nitrogens with one attached hydrogen (secondary N) is 1. The Morgan fingerprint density at radius 3 is 2.52 bits per heavy atom. The lowest BCUT2D eigenvalue weighted by Crippen LogP contribution is -2.31. The van der Waals surface area contributed by atoms with Crippen LogP contribution in [0.2, 0.25) is 0 Å². The predicted octanol–water partition coefficient (Wildman–Crippen LogP) is 2.37. The largest absolute Gasteiger partial charge is 0.497 e. The Hall–Kier alpha value is -2.47. The number of ether oxygens (including phenoxy) is 1. The van der Waals surface area contributed by atoms with Crippen LogP contribution in [0.4, 0.5) is 8.78 Å². The molecule has 0 saturated carbocycles. The summed E-state index contributed by atoms with van der Waals surface area (Å²) in [7, 11) is 1.48. The first-order valence-corrected chi connectivity index (χ1v) is 7.05. The average Bonchev–Trinajstić information content (AvgIpc) is 2.56. The van der Waals surface area contributed by atoms with Crippen molar-refractivity contribution in [2.45, 2.75) is 12.5 Å². The van der Waals surface area contributed by atoms with Crippen molar-refractivity contribution in [3.63, 3.8) is 0 Å². The number of hydrogen-bond acceptors (Lipinski definition) is 3. The number of rotatable bonds is 6. The maximum atomic E-state index is 13.5.